The topological polar surface area (TPSA) is 85.8 Å². The van der Waals surface area contributed by atoms with E-state index in [2.05, 4.69) is 10.2 Å². The lowest BCUT2D eigenvalue weighted by Gasteiger charge is -2.37. The Morgan fingerprint density at radius 3 is 2.57 bits per heavy atom. The molecule has 8 heteroatoms. The van der Waals surface area contributed by atoms with E-state index >= 15 is 0 Å². The molecule has 182 valence electrons. The summed E-state index contributed by atoms with van der Waals surface area (Å²) >= 11 is 5.89. The van der Waals surface area contributed by atoms with Crippen LogP contribution in [0.2, 0.25) is 5.02 Å². The Labute approximate surface area is 210 Å². The summed E-state index contributed by atoms with van der Waals surface area (Å²) in [6.07, 6.45) is 3.08. The summed E-state index contributed by atoms with van der Waals surface area (Å²) in [5.41, 5.74) is 1.92. The van der Waals surface area contributed by atoms with Crippen molar-refractivity contribution in [1.82, 2.24) is 9.88 Å². The average molecular weight is 493 g/mol. The highest BCUT2D eigenvalue weighted by atomic mass is 35.5. The first-order valence-electron chi connectivity index (χ1n) is 11.5. The van der Waals surface area contributed by atoms with Gasteiger partial charge in [0.05, 0.1) is 11.6 Å². The maximum Gasteiger partial charge on any atom is 0.408 e. The largest absolute Gasteiger partial charge is 0.465 e. The smallest absolute Gasteiger partial charge is 0.408 e. The molecule has 0 saturated carbocycles. The van der Waals surface area contributed by atoms with Crippen LogP contribution < -0.4 is 10.2 Å². The molecule has 1 aliphatic rings. The van der Waals surface area contributed by atoms with Gasteiger partial charge in [-0.05, 0) is 81.3 Å². The molecule has 1 atom stereocenters. The number of carbonyl (C=O) groups is 2. The zero-order valence-electron chi connectivity index (χ0n) is 20.0. The quantitative estimate of drug-likeness (QED) is 0.433. The van der Waals surface area contributed by atoms with Crippen molar-refractivity contribution in [2.45, 2.75) is 38.8 Å². The number of hydrogen-bond donors (Lipinski definition) is 2. The molecule has 35 heavy (non-hydrogen) atoms. The lowest BCUT2D eigenvalue weighted by atomic mass is 10.0. The van der Waals surface area contributed by atoms with Crippen molar-refractivity contribution in [3.8, 4) is 0 Å². The number of benzene rings is 2. The van der Waals surface area contributed by atoms with Crippen LogP contribution >= 0.6 is 11.6 Å². The molecule has 4 rings (SSSR count). The molecule has 0 aliphatic carbocycles. The monoisotopic (exact) mass is 492 g/mol. The molecule has 1 aliphatic heterocycles. The summed E-state index contributed by atoms with van der Waals surface area (Å²) in [6.45, 7) is 7.11. The van der Waals surface area contributed by atoms with Crippen molar-refractivity contribution in [3.63, 3.8) is 0 Å². The Hall–Kier alpha value is -3.58. The van der Waals surface area contributed by atoms with Gasteiger partial charge in [-0.2, -0.15) is 0 Å². The maximum atomic E-state index is 12.3. The van der Waals surface area contributed by atoms with Crippen LogP contribution in [0.3, 0.4) is 0 Å². The van der Waals surface area contributed by atoms with Gasteiger partial charge in [-0.25, -0.2) is 9.78 Å². The molecule has 2 N–H and O–H groups in total. The van der Waals surface area contributed by atoms with Crippen LogP contribution in [0.15, 0.2) is 60.7 Å². The van der Waals surface area contributed by atoms with Gasteiger partial charge in [0.2, 0.25) is 5.91 Å². The third-order valence-corrected chi connectivity index (χ3v) is 6.27. The van der Waals surface area contributed by atoms with Gasteiger partial charge in [0, 0.05) is 40.8 Å². The SMILES string of the molecule is CC(C)(C)N(C(=O)O)C1CCN(c2ccc3cc(NC(=O)/C=C/c4ccc(Cl)cc4)ccc3n2)C1. The molecule has 0 radical (unpaired) electrons. The number of aromatic nitrogens is 1. The minimum Gasteiger partial charge on any atom is -0.465 e. The average Bonchev–Trinajstić information content (AvgIpc) is 3.26. The first kappa shape index (κ1) is 24.5. The Balaban J connectivity index is 1.43. The third-order valence-electron chi connectivity index (χ3n) is 6.02. The van der Waals surface area contributed by atoms with Crippen molar-refractivity contribution in [2.24, 2.45) is 0 Å². The predicted octanol–water partition coefficient (Wildman–Crippen LogP) is 5.90. The van der Waals surface area contributed by atoms with Crippen LogP contribution in [0.5, 0.6) is 0 Å². The number of amides is 2. The summed E-state index contributed by atoms with van der Waals surface area (Å²) in [7, 11) is 0. The lowest BCUT2D eigenvalue weighted by molar-refractivity contribution is -0.111. The number of nitrogens with one attached hydrogen (secondary N) is 1. The van der Waals surface area contributed by atoms with Crippen molar-refractivity contribution in [3.05, 3.63) is 71.3 Å². The van der Waals surface area contributed by atoms with Crippen LogP contribution in [-0.2, 0) is 4.79 Å². The normalized spacial score (nSPS) is 16.1. The molecule has 1 fully saturated rings. The van der Waals surface area contributed by atoms with Crippen molar-refractivity contribution >= 4 is 52.1 Å². The van der Waals surface area contributed by atoms with Crippen LogP contribution in [0.25, 0.3) is 17.0 Å². The second kappa shape index (κ2) is 9.96. The highest BCUT2D eigenvalue weighted by molar-refractivity contribution is 6.30. The molecule has 0 spiro atoms. The number of fused-ring (bicyclic) bond motifs is 1. The van der Waals surface area contributed by atoms with Gasteiger partial charge in [-0.15, -0.1) is 0 Å². The zero-order chi connectivity index (χ0) is 25.2. The molecule has 1 aromatic heterocycles. The van der Waals surface area contributed by atoms with Gasteiger partial charge in [-0.3, -0.25) is 9.69 Å². The minimum absolute atomic E-state index is 0.0801. The van der Waals surface area contributed by atoms with E-state index in [0.717, 1.165) is 35.2 Å². The fourth-order valence-electron chi connectivity index (χ4n) is 4.45. The first-order chi connectivity index (χ1) is 16.6. The molecule has 1 saturated heterocycles. The molecular weight excluding hydrogens is 464 g/mol. The molecule has 2 aromatic carbocycles. The van der Waals surface area contributed by atoms with Gasteiger partial charge >= 0.3 is 6.09 Å². The molecule has 0 bridgehead atoms. The third kappa shape index (κ3) is 5.92. The second-order valence-corrected chi connectivity index (χ2v) is 10.1. The van der Waals surface area contributed by atoms with Crippen LogP contribution in [0.1, 0.15) is 32.8 Å². The number of halogens is 1. The van der Waals surface area contributed by atoms with E-state index in [-0.39, 0.29) is 11.9 Å². The Morgan fingerprint density at radius 2 is 1.89 bits per heavy atom. The molecule has 2 heterocycles. The summed E-state index contributed by atoms with van der Waals surface area (Å²) < 4.78 is 0. The van der Waals surface area contributed by atoms with Gasteiger partial charge in [0.25, 0.3) is 0 Å². The number of rotatable bonds is 5. The summed E-state index contributed by atoms with van der Waals surface area (Å²) in [5, 5.41) is 14.1. The van der Waals surface area contributed by atoms with Gasteiger partial charge < -0.3 is 15.3 Å². The molecule has 7 nitrogen and oxygen atoms in total. The Bertz CT molecular complexity index is 1270. The van der Waals surface area contributed by atoms with Gasteiger partial charge in [0.15, 0.2) is 0 Å². The molecule has 3 aromatic rings. The number of carbonyl (C=O) groups excluding carboxylic acids is 1. The standard InChI is InChI=1S/C27H29ClN4O3/c1-27(2,3)32(26(34)35)22-14-15-31(17-22)24-12-7-19-16-21(10-11-23(19)30-24)29-25(33)13-6-18-4-8-20(28)9-5-18/h4-13,16,22H,14-15,17H2,1-3H3,(H,29,33)(H,34,35)/b13-6+. The van der Waals surface area contributed by atoms with E-state index in [1.54, 1.807) is 23.1 Å². The van der Waals surface area contributed by atoms with E-state index in [0.29, 0.717) is 17.3 Å². The van der Waals surface area contributed by atoms with Crippen LogP contribution in [0.4, 0.5) is 16.3 Å². The minimum atomic E-state index is -0.895. The zero-order valence-corrected chi connectivity index (χ0v) is 20.8. The Kier molecular flexibility index (Phi) is 6.98. The fraction of sp³-hybridized carbons (Fsp3) is 0.296. The second-order valence-electron chi connectivity index (χ2n) is 9.66. The molecule has 1 unspecified atom stereocenters. The lowest BCUT2D eigenvalue weighted by Crippen LogP contribution is -2.52. The highest BCUT2D eigenvalue weighted by Gasteiger charge is 2.37. The predicted molar refractivity (Wildman–Crippen MR) is 141 cm³/mol. The summed E-state index contributed by atoms with van der Waals surface area (Å²) in [4.78, 5) is 32.6. The maximum absolute atomic E-state index is 12.3. The number of pyridine rings is 1. The summed E-state index contributed by atoms with van der Waals surface area (Å²) in [5.74, 6) is 0.593. The molecular formula is C27H29ClN4O3. The van der Waals surface area contributed by atoms with E-state index in [1.165, 1.54) is 6.08 Å². The van der Waals surface area contributed by atoms with Gasteiger partial charge in [0.1, 0.15) is 5.82 Å². The highest BCUT2D eigenvalue weighted by Crippen LogP contribution is 2.28. The summed E-state index contributed by atoms with van der Waals surface area (Å²) in [6, 6.07) is 16.7. The van der Waals surface area contributed by atoms with Crippen molar-refractivity contribution in [2.75, 3.05) is 23.3 Å². The first-order valence-corrected chi connectivity index (χ1v) is 11.9. The number of carboxylic acid groups (broad SMARTS) is 1. The number of hydrogen-bond acceptors (Lipinski definition) is 4. The van der Waals surface area contributed by atoms with E-state index in [9.17, 15) is 14.7 Å². The number of nitrogens with zero attached hydrogens (tertiary/aromatic N) is 3. The number of anilines is 2. The fourth-order valence-corrected chi connectivity index (χ4v) is 4.58. The van der Waals surface area contributed by atoms with Crippen molar-refractivity contribution < 1.29 is 14.7 Å². The van der Waals surface area contributed by atoms with Crippen LogP contribution in [0, 0.1) is 0 Å². The Morgan fingerprint density at radius 1 is 1.14 bits per heavy atom. The molecule has 2 amide bonds. The van der Waals surface area contributed by atoms with E-state index in [1.807, 2.05) is 63.2 Å². The van der Waals surface area contributed by atoms with Crippen molar-refractivity contribution in [1.29, 1.82) is 0 Å². The van der Waals surface area contributed by atoms with Gasteiger partial charge in [-0.1, -0.05) is 23.7 Å². The van der Waals surface area contributed by atoms with E-state index in [4.69, 9.17) is 16.6 Å². The van der Waals surface area contributed by atoms with Crippen LogP contribution in [-0.4, -0.2) is 51.7 Å². The van der Waals surface area contributed by atoms with E-state index < -0.39 is 11.6 Å².